The average Bonchev–Trinajstić information content (AvgIpc) is 3.31. The Morgan fingerprint density at radius 1 is 1.03 bits per heavy atom. The van der Waals surface area contributed by atoms with Gasteiger partial charge in [-0.25, -0.2) is 0 Å². The fourth-order valence-corrected chi connectivity index (χ4v) is 6.20. The van der Waals surface area contributed by atoms with Crippen LogP contribution in [0, 0.1) is 28.1 Å². The summed E-state index contributed by atoms with van der Waals surface area (Å²) in [4.78, 5) is 13.2. The first-order chi connectivity index (χ1) is 14.3. The van der Waals surface area contributed by atoms with E-state index in [0.29, 0.717) is 13.1 Å². The fraction of sp³-hybridized carbons (Fsp3) is 0.571. The SMILES string of the molecule is N#Cc1ccc(NS(=O)(=O)N2CCCC2)c(C(=O)NC23CCC(C#N)(CC2)CC3)c1. The first-order valence-electron chi connectivity index (χ1n) is 10.4. The lowest BCUT2D eigenvalue weighted by molar-refractivity contribution is 0.0522. The third kappa shape index (κ3) is 3.76. The number of anilines is 1. The highest BCUT2D eigenvalue weighted by Crippen LogP contribution is 2.52. The van der Waals surface area contributed by atoms with Gasteiger partial charge in [0, 0.05) is 18.6 Å². The molecule has 1 aliphatic heterocycles. The number of carbonyl (C=O) groups excluding carboxylic acids is 1. The van der Waals surface area contributed by atoms with Crippen LogP contribution in [-0.4, -0.2) is 37.3 Å². The highest BCUT2D eigenvalue weighted by atomic mass is 32.2. The van der Waals surface area contributed by atoms with Crippen molar-refractivity contribution in [2.75, 3.05) is 17.8 Å². The Morgan fingerprint density at radius 3 is 2.23 bits per heavy atom. The van der Waals surface area contributed by atoms with Crippen molar-refractivity contribution in [1.82, 2.24) is 9.62 Å². The Kier molecular flexibility index (Phi) is 5.21. The maximum Gasteiger partial charge on any atom is 0.301 e. The van der Waals surface area contributed by atoms with Crippen LogP contribution in [0.3, 0.4) is 0 Å². The maximum absolute atomic E-state index is 13.2. The van der Waals surface area contributed by atoms with E-state index in [1.165, 1.54) is 22.5 Å². The predicted octanol–water partition coefficient (Wildman–Crippen LogP) is 2.66. The molecule has 3 aliphatic carbocycles. The molecule has 5 rings (SSSR count). The Labute approximate surface area is 177 Å². The molecule has 4 aliphatic rings. The van der Waals surface area contributed by atoms with E-state index in [-0.39, 0.29) is 27.8 Å². The van der Waals surface area contributed by atoms with Crippen molar-refractivity contribution in [3.8, 4) is 12.1 Å². The largest absolute Gasteiger partial charge is 0.347 e. The molecule has 1 heterocycles. The molecule has 4 fully saturated rings. The number of rotatable bonds is 5. The number of nitriles is 2. The standard InChI is InChI=1S/C21H25N5O3S/c22-14-16-3-4-18(25-30(28,29)26-11-1-2-12-26)17(13-16)19(27)24-21-8-5-20(15-23,6-9-21)7-10-21/h3-4,13,25H,1-2,5-12H2,(H,24,27). The molecular weight excluding hydrogens is 402 g/mol. The van der Waals surface area contributed by atoms with Crippen LogP contribution >= 0.6 is 0 Å². The van der Waals surface area contributed by atoms with Gasteiger partial charge in [0.2, 0.25) is 0 Å². The molecule has 1 saturated heterocycles. The molecule has 0 unspecified atom stereocenters. The summed E-state index contributed by atoms with van der Waals surface area (Å²) in [7, 11) is -3.76. The number of carbonyl (C=O) groups is 1. The number of nitrogens with zero attached hydrogens (tertiary/aromatic N) is 3. The van der Waals surface area contributed by atoms with Crippen LogP contribution in [0.5, 0.6) is 0 Å². The molecule has 3 saturated carbocycles. The number of amides is 1. The molecule has 0 aromatic heterocycles. The van der Waals surface area contributed by atoms with Crippen molar-refractivity contribution in [2.24, 2.45) is 5.41 Å². The van der Waals surface area contributed by atoms with Crippen LogP contribution in [0.2, 0.25) is 0 Å². The minimum Gasteiger partial charge on any atom is -0.347 e. The maximum atomic E-state index is 13.2. The second kappa shape index (κ2) is 7.57. The van der Waals surface area contributed by atoms with Crippen LogP contribution in [0.1, 0.15) is 67.3 Å². The molecule has 0 radical (unpaired) electrons. The van der Waals surface area contributed by atoms with E-state index < -0.39 is 16.1 Å². The molecule has 1 amide bonds. The van der Waals surface area contributed by atoms with Crippen molar-refractivity contribution in [1.29, 1.82) is 10.5 Å². The number of hydrogen-bond acceptors (Lipinski definition) is 5. The summed E-state index contributed by atoms with van der Waals surface area (Å²) in [6.45, 7) is 0.911. The second-order valence-electron chi connectivity index (χ2n) is 8.71. The van der Waals surface area contributed by atoms with Crippen molar-refractivity contribution in [3.63, 3.8) is 0 Å². The molecule has 9 heteroatoms. The molecule has 8 nitrogen and oxygen atoms in total. The minimum absolute atomic E-state index is 0.147. The van der Waals surface area contributed by atoms with E-state index >= 15 is 0 Å². The molecule has 158 valence electrons. The number of benzene rings is 1. The molecule has 1 aromatic carbocycles. The van der Waals surface area contributed by atoms with Crippen molar-refractivity contribution in [2.45, 2.75) is 56.9 Å². The van der Waals surface area contributed by atoms with E-state index in [1.807, 2.05) is 6.07 Å². The van der Waals surface area contributed by atoms with Gasteiger partial charge in [-0.1, -0.05) is 0 Å². The predicted molar refractivity (Wildman–Crippen MR) is 110 cm³/mol. The fourth-order valence-electron chi connectivity index (χ4n) is 4.87. The molecule has 2 bridgehead atoms. The Bertz CT molecular complexity index is 1020. The van der Waals surface area contributed by atoms with Gasteiger partial charge in [-0.05, 0) is 69.6 Å². The average molecular weight is 428 g/mol. The van der Waals surface area contributed by atoms with E-state index in [4.69, 9.17) is 0 Å². The third-order valence-electron chi connectivity index (χ3n) is 6.90. The van der Waals surface area contributed by atoms with Gasteiger partial charge in [-0.15, -0.1) is 0 Å². The zero-order valence-corrected chi connectivity index (χ0v) is 17.6. The Hall–Kier alpha value is -2.62. The number of fused-ring (bicyclic) bond motifs is 3. The zero-order valence-electron chi connectivity index (χ0n) is 16.8. The molecule has 0 atom stereocenters. The molecule has 30 heavy (non-hydrogen) atoms. The highest BCUT2D eigenvalue weighted by Gasteiger charge is 2.49. The van der Waals surface area contributed by atoms with Crippen molar-refractivity contribution < 1.29 is 13.2 Å². The normalized spacial score (nSPS) is 28.5. The lowest BCUT2D eigenvalue weighted by Crippen LogP contribution is -2.56. The summed E-state index contributed by atoms with van der Waals surface area (Å²) >= 11 is 0. The summed E-state index contributed by atoms with van der Waals surface area (Å²) in [5.74, 6) is -0.391. The summed E-state index contributed by atoms with van der Waals surface area (Å²) < 4.78 is 29.3. The zero-order chi connectivity index (χ0) is 21.4. The lowest BCUT2D eigenvalue weighted by Gasteiger charge is -2.50. The summed E-state index contributed by atoms with van der Waals surface area (Å²) in [6, 6.07) is 8.87. The van der Waals surface area contributed by atoms with Gasteiger partial charge in [0.25, 0.3) is 5.91 Å². The molecule has 0 spiro atoms. The second-order valence-corrected chi connectivity index (χ2v) is 10.4. The van der Waals surface area contributed by atoms with Crippen LogP contribution in [0.4, 0.5) is 5.69 Å². The molecular formula is C21H25N5O3S. The number of nitrogens with one attached hydrogen (secondary N) is 2. The summed E-state index contributed by atoms with van der Waals surface area (Å²) in [5.41, 5.74) is -0.0214. The summed E-state index contributed by atoms with van der Waals surface area (Å²) in [5, 5.41) is 21.8. The van der Waals surface area contributed by atoms with Crippen LogP contribution in [0.25, 0.3) is 0 Å². The van der Waals surface area contributed by atoms with Gasteiger partial charge in [0.15, 0.2) is 0 Å². The monoisotopic (exact) mass is 427 g/mol. The van der Waals surface area contributed by atoms with Crippen LogP contribution < -0.4 is 10.0 Å². The molecule has 1 aromatic rings. The topological polar surface area (TPSA) is 126 Å². The van der Waals surface area contributed by atoms with E-state index in [0.717, 1.165) is 51.4 Å². The third-order valence-corrected chi connectivity index (χ3v) is 8.42. The summed E-state index contributed by atoms with van der Waals surface area (Å²) in [6.07, 6.45) is 6.11. The molecule has 2 N–H and O–H groups in total. The number of hydrogen-bond donors (Lipinski definition) is 2. The van der Waals surface area contributed by atoms with Gasteiger partial charge in [0.05, 0.1) is 34.4 Å². The van der Waals surface area contributed by atoms with Crippen molar-refractivity contribution in [3.05, 3.63) is 29.3 Å². The first kappa shape index (κ1) is 20.6. The van der Waals surface area contributed by atoms with Gasteiger partial charge < -0.3 is 5.32 Å². The van der Waals surface area contributed by atoms with Crippen LogP contribution in [0.15, 0.2) is 18.2 Å². The van der Waals surface area contributed by atoms with Gasteiger partial charge >= 0.3 is 10.2 Å². The Balaban J connectivity index is 1.58. The van der Waals surface area contributed by atoms with Crippen molar-refractivity contribution >= 4 is 21.8 Å². The van der Waals surface area contributed by atoms with E-state index in [9.17, 15) is 23.7 Å². The minimum atomic E-state index is -3.76. The van der Waals surface area contributed by atoms with Gasteiger partial charge in [-0.3, -0.25) is 9.52 Å². The first-order valence-corrected chi connectivity index (χ1v) is 11.8. The lowest BCUT2D eigenvalue weighted by atomic mass is 9.58. The van der Waals surface area contributed by atoms with E-state index in [2.05, 4.69) is 16.1 Å². The quantitative estimate of drug-likeness (QED) is 0.747. The van der Waals surface area contributed by atoms with Gasteiger partial charge in [-0.2, -0.15) is 23.2 Å². The smallest absolute Gasteiger partial charge is 0.301 e. The van der Waals surface area contributed by atoms with E-state index in [1.54, 1.807) is 0 Å². The Morgan fingerprint density at radius 2 is 1.67 bits per heavy atom. The van der Waals surface area contributed by atoms with Crippen LogP contribution in [-0.2, 0) is 10.2 Å². The van der Waals surface area contributed by atoms with Gasteiger partial charge in [0.1, 0.15) is 0 Å². The highest BCUT2D eigenvalue weighted by molar-refractivity contribution is 7.90.